The molecule has 1 heterocycles. The minimum absolute atomic E-state index is 0.669. The highest BCUT2D eigenvalue weighted by Gasteiger charge is 2.05. The maximum absolute atomic E-state index is 5.95. The molecule has 0 spiro atoms. The third-order valence-electron chi connectivity index (χ3n) is 2.94. The Hall–Kier alpha value is -2.07. The van der Waals surface area contributed by atoms with Crippen LogP contribution in [0.3, 0.4) is 0 Å². The Labute approximate surface area is 116 Å². The van der Waals surface area contributed by atoms with Crippen LogP contribution in [0.4, 0.5) is 5.69 Å². The molecule has 19 heavy (non-hydrogen) atoms. The van der Waals surface area contributed by atoms with Gasteiger partial charge in [-0.05, 0) is 42.5 Å². The fraction of sp³-hybridized carbons (Fsp3) is 0.143. The van der Waals surface area contributed by atoms with Crippen LogP contribution >= 0.6 is 11.6 Å². The minimum Gasteiger partial charge on any atom is -0.378 e. The second-order valence-corrected chi connectivity index (χ2v) is 4.97. The molecule has 0 radical (unpaired) electrons. The lowest BCUT2D eigenvalue weighted by molar-refractivity contribution is 0.765. The minimum atomic E-state index is 0.669. The molecule has 0 saturated carbocycles. The van der Waals surface area contributed by atoms with Crippen molar-refractivity contribution in [3.8, 4) is 5.69 Å². The van der Waals surface area contributed by atoms with Gasteiger partial charge >= 0.3 is 0 Å². The summed E-state index contributed by atoms with van der Waals surface area (Å²) in [6, 6.07) is 13.6. The van der Waals surface area contributed by atoms with Gasteiger partial charge in [-0.3, -0.25) is 0 Å². The lowest BCUT2D eigenvalue weighted by Gasteiger charge is -2.12. The highest BCUT2D eigenvalue weighted by atomic mass is 35.5. The molecule has 0 amide bonds. The number of aromatic nitrogens is 3. The Bertz CT molecular complexity index is 716. The number of benzene rings is 2. The van der Waals surface area contributed by atoms with E-state index in [-0.39, 0.29) is 0 Å². The SMILES string of the molecule is CN(C)c1ccc(-n2nc3ccc(Cl)cc3n2)cc1. The van der Waals surface area contributed by atoms with Gasteiger partial charge in [-0.15, -0.1) is 10.2 Å². The fourth-order valence-electron chi connectivity index (χ4n) is 1.89. The average Bonchev–Trinajstić information content (AvgIpc) is 2.81. The van der Waals surface area contributed by atoms with Crippen LogP contribution in [0.15, 0.2) is 42.5 Å². The van der Waals surface area contributed by atoms with Gasteiger partial charge < -0.3 is 4.90 Å². The van der Waals surface area contributed by atoms with Crippen molar-refractivity contribution in [2.24, 2.45) is 0 Å². The number of anilines is 1. The topological polar surface area (TPSA) is 34.0 Å². The van der Waals surface area contributed by atoms with Gasteiger partial charge in [-0.2, -0.15) is 4.80 Å². The third-order valence-corrected chi connectivity index (χ3v) is 3.17. The summed E-state index contributed by atoms with van der Waals surface area (Å²) in [5.41, 5.74) is 3.70. The number of halogens is 1. The van der Waals surface area contributed by atoms with Gasteiger partial charge in [-0.25, -0.2) is 0 Å². The van der Waals surface area contributed by atoms with Crippen molar-refractivity contribution in [2.75, 3.05) is 19.0 Å². The lowest BCUT2D eigenvalue weighted by Crippen LogP contribution is -2.08. The van der Waals surface area contributed by atoms with Gasteiger partial charge in [0.25, 0.3) is 0 Å². The van der Waals surface area contributed by atoms with Crippen LogP contribution in [0.2, 0.25) is 5.02 Å². The van der Waals surface area contributed by atoms with Crippen molar-refractivity contribution in [3.05, 3.63) is 47.5 Å². The summed E-state index contributed by atoms with van der Waals surface area (Å²) in [5.74, 6) is 0. The van der Waals surface area contributed by atoms with Crippen LogP contribution in [-0.2, 0) is 0 Å². The van der Waals surface area contributed by atoms with E-state index in [0.29, 0.717) is 5.02 Å². The number of fused-ring (bicyclic) bond motifs is 1. The molecule has 4 nitrogen and oxygen atoms in total. The zero-order chi connectivity index (χ0) is 13.4. The Morgan fingerprint density at radius 1 is 0.947 bits per heavy atom. The van der Waals surface area contributed by atoms with Crippen LogP contribution in [0.5, 0.6) is 0 Å². The standard InChI is InChI=1S/C14H13ClN4/c1-18(2)11-4-6-12(7-5-11)19-16-13-8-3-10(15)9-14(13)17-19/h3-9H,1-2H3. The molecule has 0 saturated heterocycles. The van der Waals surface area contributed by atoms with Crippen molar-refractivity contribution < 1.29 is 0 Å². The molecule has 0 N–H and O–H groups in total. The zero-order valence-electron chi connectivity index (χ0n) is 10.7. The molecule has 0 aliphatic carbocycles. The first kappa shape index (κ1) is 12.0. The average molecular weight is 273 g/mol. The number of rotatable bonds is 2. The highest BCUT2D eigenvalue weighted by molar-refractivity contribution is 6.31. The van der Waals surface area contributed by atoms with E-state index in [2.05, 4.69) is 15.1 Å². The summed E-state index contributed by atoms with van der Waals surface area (Å²) in [6.07, 6.45) is 0. The summed E-state index contributed by atoms with van der Waals surface area (Å²) >= 11 is 5.95. The number of hydrogen-bond acceptors (Lipinski definition) is 3. The Balaban J connectivity index is 2.03. The smallest absolute Gasteiger partial charge is 0.115 e. The van der Waals surface area contributed by atoms with Crippen molar-refractivity contribution in [1.82, 2.24) is 15.0 Å². The van der Waals surface area contributed by atoms with Gasteiger partial charge in [0.05, 0.1) is 5.69 Å². The highest BCUT2D eigenvalue weighted by Crippen LogP contribution is 2.18. The van der Waals surface area contributed by atoms with E-state index < -0.39 is 0 Å². The third kappa shape index (κ3) is 2.27. The normalized spacial score (nSPS) is 10.9. The molecule has 0 aliphatic heterocycles. The van der Waals surface area contributed by atoms with E-state index in [0.717, 1.165) is 22.4 Å². The van der Waals surface area contributed by atoms with Gasteiger partial charge in [0.1, 0.15) is 11.0 Å². The Kier molecular flexibility index (Phi) is 2.87. The molecule has 5 heteroatoms. The van der Waals surface area contributed by atoms with Gasteiger partial charge in [0, 0.05) is 24.8 Å². The second kappa shape index (κ2) is 4.55. The molecule has 96 valence electrons. The number of nitrogens with zero attached hydrogens (tertiary/aromatic N) is 4. The molecule has 3 rings (SSSR count). The second-order valence-electron chi connectivity index (χ2n) is 4.53. The molecular formula is C14H13ClN4. The van der Waals surface area contributed by atoms with Crippen LogP contribution in [-0.4, -0.2) is 29.1 Å². The first-order chi connectivity index (χ1) is 9.13. The molecule has 0 unspecified atom stereocenters. The van der Waals surface area contributed by atoms with Crippen LogP contribution in [0, 0.1) is 0 Å². The van der Waals surface area contributed by atoms with Gasteiger partial charge in [0.2, 0.25) is 0 Å². The Morgan fingerprint density at radius 2 is 1.63 bits per heavy atom. The van der Waals surface area contributed by atoms with E-state index in [9.17, 15) is 0 Å². The molecule has 2 aromatic carbocycles. The van der Waals surface area contributed by atoms with E-state index in [4.69, 9.17) is 11.6 Å². The Morgan fingerprint density at radius 3 is 2.32 bits per heavy atom. The largest absolute Gasteiger partial charge is 0.378 e. The molecular weight excluding hydrogens is 260 g/mol. The summed E-state index contributed by atoms with van der Waals surface area (Å²) < 4.78 is 0. The molecule has 0 atom stereocenters. The lowest BCUT2D eigenvalue weighted by atomic mass is 10.3. The van der Waals surface area contributed by atoms with Crippen molar-refractivity contribution in [3.63, 3.8) is 0 Å². The molecule has 0 bridgehead atoms. The fourth-order valence-corrected chi connectivity index (χ4v) is 2.05. The number of hydrogen-bond donors (Lipinski definition) is 0. The van der Waals surface area contributed by atoms with Crippen molar-refractivity contribution in [2.45, 2.75) is 0 Å². The molecule has 3 aromatic rings. The van der Waals surface area contributed by atoms with Crippen LogP contribution in [0.1, 0.15) is 0 Å². The summed E-state index contributed by atoms with van der Waals surface area (Å²) in [5, 5.41) is 9.53. The molecule has 1 aromatic heterocycles. The van der Waals surface area contributed by atoms with Crippen LogP contribution < -0.4 is 4.90 Å². The van der Waals surface area contributed by atoms with E-state index in [1.165, 1.54) is 0 Å². The molecule has 0 aliphatic rings. The van der Waals surface area contributed by atoms with Gasteiger partial charge in [-0.1, -0.05) is 11.6 Å². The maximum Gasteiger partial charge on any atom is 0.115 e. The quantitative estimate of drug-likeness (QED) is 0.719. The maximum atomic E-state index is 5.95. The predicted molar refractivity (Wildman–Crippen MR) is 78.2 cm³/mol. The van der Waals surface area contributed by atoms with Crippen LogP contribution in [0.25, 0.3) is 16.7 Å². The van der Waals surface area contributed by atoms with Crippen molar-refractivity contribution >= 4 is 28.3 Å². The summed E-state index contributed by atoms with van der Waals surface area (Å²) in [4.78, 5) is 3.68. The summed E-state index contributed by atoms with van der Waals surface area (Å²) in [6.45, 7) is 0. The van der Waals surface area contributed by atoms with E-state index >= 15 is 0 Å². The zero-order valence-corrected chi connectivity index (χ0v) is 11.5. The predicted octanol–water partition coefficient (Wildman–Crippen LogP) is 3.14. The monoisotopic (exact) mass is 272 g/mol. The van der Waals surface area contributed by atoms with E-state index in [1.807, 2.05) is 56.6 Å². The first-order valence-electron chi connectivity index (χ1n) is 5.94. The molecule has 0 fully saturated rings. The summed E-state index contributed by atoms with van der Waals surface area (Å²) in [7, 11) is 4.02. The van der Waals surface area contributed by atoms with Gasteiger partial charge in [0.15, 0.2) is 0 Å². The first-order valence-corrected chi connectivity index (χ1v) is 6.32. The van der Waals surface area contributed by atoms with Crippen molar-refractivity contribution in [1.29, 1.82) is 0 Å². The van der Waals surface area contributed by atoms with E-state index in [1.54, 1.807) is 4.80 Å².